The van der Waals surface area contributed by atoms with Crippen LogP contribution in [-0.4, -0.2) is 109 Å². The van der Waals surface area contributed by atoms with Gasteiger partial charge in [0.25, 0.3) is 5.91 Å². The first-order valence-corrected chi connectivity index (χ1v) is 20.4. The van der Waals surface area contributed by atoms with Crippen molar-refractivity contribution in [2.45, 2.75) is 63.1 Å². The summed E-state index contributed by atoms with van der Waals surface area (Å²) in [5.74, 6) is -1.55. The third-order valence-corrected chi connectivity index (χ3v) is 13.1. The zero-order valence-corrected chi connectivity index (χ0v) is 31.0. The Kier molecular flexibility index (Phi) is 11.7. The summed E-state index contributed by atoms with van der Waals surface area (Å²) in [4.78, 5) is 42.7. The summed E-state index contributed by atoms with van der Waals surface area (Å²) in [7, 11) is -3.29. The van der Waals surface area contributed by atoms with E-state index >= 15 is 0 Å². The molecule has 2 atom stereocenters. The number of benzene rings is 2. The highest BCUT2D eigenvalue weighted by Crippen LogP contribution is 2.34. The number of hydrogen-bond donors (Lipinski definition) is 2. The molecule has 3 fully saturated rings. The fourth-order valence-corrected chi connectivity index (χ4v) is 9.66. The van der Waals surface area contributed by atoms with Gasteiger partial charge < -0.3 is 20.1 Å². The van der Waals surface area contributed by atoms with Gasteiger partial charge >= 0.3 is 5.97 Å². The van der Waals surface area contributed by atoms with Crippen LogP contribution >= 0.6 is 34.5 Å². The highest BCUT2D eigenvalue weighted by molar-refractivity contribution is 7.88. The second-order valence-corrected chi connectivity index (χ2v) is 17.2. The predicted molar refractivity (Wildman–Crippen MR) is 196 cm³/mol. The zero-order chi connectivity index (χ0) is 35.6. The van der Waals surface area contributed by atoms with Crippen molar-refractivity contribution >= 4 is 78.1 Å². The normalized spacial score (nSPS) is 23.9. The van der Waals surface area contributed by atoms with Gasteiger partial charge in [-0.1, -0.05) is 41.4 Å². The Morgan fingerprint density at radius 3 is 2.52 bits per heavy atom. The number of fused-ring (bicyclic) bond motifs is 1. The number of halogens is 2. The molecule has 6 rings (SSSR count). The van der Waals surface area contributed by atoms with E-state index in [-0.39, 0.29) is 47.4 Å². The van der Waals surface area contributed by atoms with Gasteiger partial charge in [0.05, 0.1) is 53.6 Å². The molecule has 2 N–H and O–H groups in total. The number of ether oxygens (including phenoxy) is 1. The third kappa shape index (κ3) is 8.63. The Balaban J connectivity index is 1.14. The lowest BCUT2D eigenvalue weighted by atomic mass is 9.87. The molecule has 0 bridgehead atoms. The topological polar surface area (TPSA) is 137 Å². The second kappa shape index (κ2) is 15.9. The summed E-state index contributed by atoms with van der Waals surface area (Å²) in [6.07, 6.45) is 5.00. The van der Waals surface area contributed by atoms with E-state index in [1.54, 1.807) is 17.5 Å². The Labute approximate surface area is 306 Å². The highest BCUT2D eigenvalue weighted by Gasteiger charge is 2.39. The van der Waals surface area contributed by atoms with Crippen molar-refractivity contribution < 1.29 is 32.6 Å². The summed E-state index contributed by atoms with van der Waals surface area (Å²) in [5.41, 5.74) is 1.43. The molecule has 2 aliphatic heterocycles. The SMILES string of the molecule is CS(=O)(=O)N1CCCN([C@H]2C[C@@H](COC3CCC(C(=O)O)CC3)N(C(=O)Cc3cc(Cl)c(NC(=O)c4csc5ccccc45)cc3Cl)C2)CC1. The molecule has 3 heterocycles. The number of amides is 2. The number of sulfonamides is 1. The minimum atomic E-state index is -3.29. The molecule has 3 aliphatic rings. The van der Waals surface area contributed by atoms with Gasteiger partial charge in [0, 0.05) is 52.7 Å². The summed E-state index contributed by atoms with van der Waals surface area (Å²) in [6, 6.07) is 10.7. The van der Waals surface area contributed by atoms with Gasteiger partial charge in [-0.2, -0.15) is 0 Å². The molecule has 15 heteroatoms. The first-order valence-electron chi connectivity index (χ1n) is 17.0. The van der Waals surface area contributed by atoms with Crippen molar-refractivity contribution in [3.63, 3.8) is 0 Å². The molecule has 2 saturated heterocycles. The van der Waals surface area contributed by atoms with Gasteiger partial charge in [-0.15, -0.1) is 11.3 Å². The smallest absolute Gasteiger partial charge is 0.306 e. The van der Waals surface area contributed by atoms with Crippen LogP contribution in [0.3, 0.4) is 0 Å². The Bertz CT molecular complexity index is 1850. The summed E-state index contributed by atoms with van der Waals surface area (Å²) >= 11 is 14.8. The van der Waals surface area contributed by atoms with E-state index in [4.69, 9.17) is 27.9 Å². The maximum atomic E-state index is 14.0. The van der Waals surface area contributed by atoms with Crippen LogP contribution in [0.4, 0.5) is 5.69 Å². The maximum absolute atomic E-state index is 14.0. The largest absolute Gasteiger partial charge is 0.481 e. The van der Waals surface area contributed by atoms with Crippen LogP contribution < -0.4 is 5.32 Å². The number of carboxylic acids is 1. The second-order valence-electron chi connectivity index (χ2n) is 13.5. The van der Waals surface area contributed by atoms with E-state index in [9.17, 15) is 27.9 Å². The lowest BCUT2D eigenvalue weighted by Crippen LogP contribution is -2.42. The minimum absolute atomic E-state index is 0.00323. The molecule has 0 unspecified atom stereocenters. The molecule has 2 amide bonds. The number of carbonyl (C=O) groups is 3. The molecule has 270 valence electrons. The van der Waals surface area contributed by atoms with Crippen molar-refractivity contribution in [1.29, 1.82) is 0 Å². The summed E-state index contributed by atoms with van der Waals surface area (Å²) < 4.78 is 33.3. The number of aliphatic carboxylic acids is 1. The molecular formula is C35H42Cl2N4O7S2. The van der Waals surface area contributed by atoms with Crippen LogP contribution in [0.5, 0.6) is 0 Å². The molecule has 1 aromatic heterocycles. The molecule has 1 saturated carbocycles. The van der Waals surface area contributed by atoms with Crippen molar-refractivity contribution in [3.05, 3.63) is 63.0 Å². The third-order valence-electron chi connectivity index (χ3n) is 10.2. The first kappa shape index (κ1) is 37.0. The lowest BCUT2D eigenvalue weighted by Gasteiger charge is -2.30. The number of likely N-dealkylation sites (tertiary alicyclic amines) is 1. The lowest BCUT2D eigenvalue weighted by molar-refractivity contribution is -0.144. The van der Waals surface area contributed by atoms with E-state index < -0.39 is 16.0 Å². The Morgan fingerprint density at radius 1 is 1.02 bits per heavy atom. The van der Waals surface area contributed by atoms with E-state index in [1.807, 2.05) is 29.2 Å². The van der Waals surface area contributed by atoms with E-state index in [2.05, 4.69) is 10.2 Å². The molecule has 11 nitrogen and oxygen atoms in total. The Hall–Kier alpha value is -2.78. The maximum Gasteiger partial charge on any atom is 0.306 e. The number of carbonyl (C=O) groups excluding carboxylic acids is 2. The van der Waals surface area contributed by atoms with Crippen LogP contribution in [0.2, 0.25) is 10.0 Å². The molecule has 3 aromatic rings. The fraction of sp³-hybridized carbons (Fsp3) is 0.514. The number of carboxylic acid groups (broad SMARTS) is 1. The van der Waals surface area contributed by atoms with Crippen molar-refractivity contribution in [3.8, 4) is 0 Å². The number of nitrogens with one attached hydrogen (secondary N) is 1. The van der Waals surface area contributed by atoms with Gasteiger partial charge in [0.15, 0.2) is 0 Å². The number of rotatable bonds is 10. The number of thiophene rings is 1. The average molecular weight is 766 g/mol. The standard InChI is InChI=1S/C35H42Cl2N4O7S2/c1-50(46,47)40-12-4-11-39(13-14-40)24-17-25(20-48-26-9-7-22(8-10-26)35(44)45)41(19-24)33(42)16-23-15-30(37)31(18-29(23)36)38-34(43)28-21-49-32-6-3-2-5-27(28)32/h2-3,5-6,15,18,21-22,24-26H,4,7-14,16-17,19-20H2,1H3,(H,38,43)(H,44,45)/t22?,24-,25-,26?/m0/s1. The van der Waals surface area contributed by atoms with Gasteiger partial charge in [0.1, 0.15) is 0 Å². The fourth-order valence-electron chi connectivity index (χ4n) is 7.38. The zero-order valence-electron chi connectivity index (χ0n) is 27.9. The predicted octanol–water partition coefficient (Wildman–Crippen LogP) is 5.60. The van der Waals surface area contributed by atoms with Crippen LogP contribution in [0.25, 0.3) is 10.1 Å². The van der Waals surface area contributed by atoms with E-state index in [0.29, 0.717) is 93.1 Å². The van der Waals surface area contributed by atoms with Crippen molar-refractivity contribution in [2.75, 3.05) is 50.9 Å². The molecule has 0 spiro atoms. The number of anilines is 1. The van der Waals surface area contributed by atoms with Gasteiger partial charge in [-0.25, -0.2) is 12.7 Å². The highest BCUT2D eigenvalue weighted by atomic mass is 35.5. The van der Waals surface area contributed by atoms with Crippen LogP contribution in [0.15, 0.2) is 41.8 Å². The molecule has 1 aliphatic carbocycles. The summed E-state index contributed by atoms with van der Waals surface area (Å²) in [6.45, 7) is 2.95. The number of nitrogens with zero attached hydrogens (tertiary/aromatic N) is 3. The number of hydrogen-bond acceptors (Lipinski definition) is 8. The first-order chi connectivity index (χ1) is 23.9. The molecule has 50 heavy (non-hydrogen) atoms. The van der Waals surface area contributed by atoms with Crippen molar-refractivity contribution in [1.82, 2.24) is 14.1 Å². The van der Waals surface area contributed by atoms with Gasteiger partial charge in [0.2, 0.25) is 15.9 Å². The van der Waals surface area contributed by atoms with Gasteiger partial charge in [-0.05, 0) is 68.8 Å². The van der Waals surface area contributed by atoms with Crippen LogP contribution in [0, 0.1) is 5.92 Å². The monoisotopic (exact) mass is 764 g/mol. The van der Waals surface area contributed by atoms with Crippen LogP contribution in [0.1, 0.15) is 54.4 Å². The van der Waals surface area contributed by atoms with Crippen LogP contribution in [-0.2, 0) is 30.8 Å². The average Bonchev–Trinajstić information content (AvgIpc) is 3.62. The van der Waals surface area contributed by atoms with E-state index in [1.165, 1.54) is 21.9 Å². The minimum Gasteiger partial charge on any atom is -0.481 e. The molecule has 2 aromatic carbocycles. The van der Waals surface area contributed by atoms with Crippen molar-refractivity contribution in [2.24, 2.45) is 5.92 Å². The van der Waals surface area contributed by atoms with E-state index in [0.717, 1.165) is 16.6 Å². The quantitative estimate of drug-likeness (QED) is 0.273. The summed E-state index contributed by atoms with van der Waals surface area (Å²) in [5, 5.41) is 15.5. The molecular weight excluding hydrogens is 723 g/mol. The van der Waals surface area contributed by atoms with Gasteiger partial charge in [-0.3, -0.25) is 19.3 Å². The Morgan fingerprint density at radius 2 is 1.78 bits per heavy atom. The molecule has 0 radical (unpaired) electrons.